The molecule has 4 heteroatoms. The number of nitrogens with one attached hydrogen (secondary N) is 2. The first kappa shape index (κ1) is 10.7. The molecule has 0 aliphatic heterocycles. The lowest BCUT2D eigenvalue weighted by Gasteiger charge is -2.06. The van der Waals surface area contributed by atoms with Gasteiger partial charge in [-0.15, -0.1) is 0 Å². The minimum atomic E-state index is -0.290. The predicted molar refractivity (Wildman–Crippen MR) is 59.3 cm³/mol. The van der Waals surface area contributed by atoms with Gasteiger partial charge >= 0.3 is 0 Å². The summed E-state index contributed by atoms with van der Waals surface area (Å²) in [5, 5.41) is 0. The Morgan fingerprint density at radius 1 is 1.19 bits per heavy atom. The Morgan fingerprint density at radius 3 is 2.38 bits per heavy atom. The second kappa shape index (κ2) is 4.35. The van der Waals surface area contributed by atoms with Crippen LogP contribution < -0.4 is 10.9 Å². The van der Waals surface area contributed by atoms with Crippen molar-refractivity contribution in [1.29, 1.82) is 0 Å². The molecule has 2 N–H and O–H groups in total. The normalized spacial score (nSPS) is 22.3. The van der Waals surface area contributed by atoms with E-state index in [4.69, 9.17) is 0 Å². The van der Waals surface area contributed by atoms with Crippen LogP contribution in [0.25, 0.3) is 0 Å². The number of hydrogen-bond acceptors (Lipinski definition) is 2. The van der Waals surface area contributed by atoms with E-state index in [1.165, 1.54) is 0 Å². The third kappa shape index (κ3) is 2.39. The van der Waals surface area contributed by atoms with Crippen molar-refractivity contribution in [3.63, 3.8) is 0 Å². The van der Waals surface area contributed by atoms with Crippen LogP contribution in [0.4, 0.5) is 0 Å². The molecule has 0 unspecified atom stereocenters. The zero-order chi connectivity index (χ0) is 11.5. The van der Waals surface area contributed by atoms with Gasteiger partial charge in [-0.05, 0) is 24.5 Å². The Kier molecular flexibility index (Phi) is 2.90. The summed E-state index contributed by atoms with van der Waals surface area (Å²) in [6, 6.07) is 8.78. The van der Waals surface area contributed by atoms with Crippen molar-refractivity contribution >= 4 is 11.8 Å². The number of hydrogen-bond donors (Lipinski definition) is 2. The van der Waals surface area contributed by atoms with E-state index in [9.17, 15) is 9.59 Å². The van der Waals surface area contributed by atoms with Crippen LogP contribution in [0.3, 0.4) is 0 Å². The summed E-state index contributed by atoms with van der Waals surface area (Å²) in [5.74, 6) is 0.115. The number of carbonyl (C=O) groups excluding carboxylic acids is 2. The zero-order valence-electron chi connectivity index (χ0n) is 9.07. The summed E-state index contributed by atoms with van der Waals surface area (Å²) in [4.78, 5) is 23.0. The molecule has 84 valence electrons. The maximum Gasteiger partial charge on any atom is 0.269 e. The number of carbonyl (C=O) groups is 2. The van der Waals surface area contributed by atoms with Crippen molar-refractivity contribution in [3.8, 4) is 0 Å². The first-order valence-corrected chi connectivity index (χ1v) is 5.33. The van der Waals surface area contributed by atoms with Crippen molar-refractivity contribution in [2.24, 2.45) is 11.8 Å². The average molecular weight is 218 g/mol. The van der Waals surface area contributed by atoms with E-state index in [-0.39, 0.29) is 17.7 Å². The van der Waals surface area contributed by atoms with Crippen molar-refractivity contribution in [1.82, 2.24) is 10.9 Å². The Hall–Kier alpha value is -1.84. The molecule has 4 nitrogen and oxygen atoms in total. The summed E-state index contributed by atoms with van der Waals surface area (Å²) >= 11 is 0. The lowest BCUT2D eigenvalue weighted by atomic mass is 10.2. The van der Waals surface area contributed by atoms with Crippen LogP contribution >= 0.6 is 0 Å². The van der Waals surface area contributed by atoms with Crippen LogP contribution in [0.2, 0.25) is 0 Å². The first-order valence-electron chi connectivity index (χ1n) is 5.33. The third-order valence-corrected chi connectivity index (χ3v) is 2.78. The molecule has 2 rings (SSSR count). The van der Waals surface area contributed by atoms with Gasteiger partial charge in [0.05, 0.1) is 0 Å². The molecule has 1 saturated carbocycles. The number of amides is 2. The molecule has 1 aliphatic carbocycles. The summed E-state index contributed by atoms with van der Waals surface area (Å²) in [6.45, 7) is 2.02. The van der Waals surface area contributed by atoms with Gasteiger partial charge in [-0.2, -0.15) is 0 Å². The summed E-state index contributed by atoms with van der Waals surface area (Å²) in [5.41, 5.74) is 5.37. The maximum atomic E-state index is 11.5. The fraction of sp³-hybridized carbons (Fsp3) is 0.333. The minimum Gasteiger partial charge on any atom is -0.273 e. The van der Waals surface area contributed by atoms with E-state index < -0.39 is 0 Å². The van der Waals surface area contributed by atoms with Gasteiger partial charge in [-0.25, -0.2) is 0 Å². The highest BCUT2D eigenvalue weighted by atomic mass is 16.2. The van der Waals surface area contributed by atoms with Gasteiger partial charge in [0, 0.05) is 11.5 Å². The average Bonchev–Trinajstić information content (AvgIpc) is 3.04. The molecule has 0 spiro atoms. The van der Waals surface area contributed by atoms with E-state index in [0.29, 0.717) is 11.5 Å². The van der Waals surface area contributed by atoms with Crippen LogP contribution in [0.1, 0.15) is 23.7 Å². The molecule has 0 radical (unpaired) electrons. The second-order valence-electron chi connectivity index (χ2n) is 4.13. The largest absolute Gasteiger partial charge is 0.273 e. The topological polar surface area (TPSA) is 58.2 Å². The molecule has 1 aromatic rings. The van der Waals surface area contributed by atoms with Gasteiger partial charge in [-0.1, -0.05) is 25.1 Å². The van der Waals surface area contributed by atoms with Crippen LogP contribution in [0, 0.1) is 11.8 Å². The number of benzene rings is 1. The fourth-order valence-corrected chi connectivity index (χ4v) is 1.56. The minimum absolute atomic E-state index is 0.0658. The molecule has 1 aromatic carbocycles. The molecule has 2 atom stereocenters. The van der Waals surface area contributed by atoms with Gasteiger partial charge in [0.25, 0.3) is 5.91 Å². The lowest BCUT2D eigenvalue weighted by molar-refractivity contribution is -0.123. The molecule has 0 aromatic heterocycles. The molecular weight excluding hydrogens is 204 g/mol. The van der Waals surface area contributed by atoms with Crippen LogP contribution in [-0.2, 0) is 4.79 Å². The van der Waals surface area contributed by atoms with E-state index in [2.05, 4.69) is 10.9 Å². The Balaban J connectivity index is 1.82. The number of hydrazine groups is 1. The summed E-state index contributed by atoms with van der Waals surface area (Å²) < 4.78 is 0. The van der Waals surface area contributed by atoms with E-state index in [1.807, 2.05) is 13.0 Å². The van der Waals surface area contributed by atoms with E-state index in [0.717, 1.165) is 6.42 Å². The van der Waals surface area contributed by atoms with Gasteiger partial charge in [0.2, 0.25) is 5.91 Å². The molecule has 0 heterocycles. The number of rotatable bonds is 2. The van der Waals surface area contributed by atoms with Gasteiger partial charge in [-0.3, -0.25) is 20.4 Å². The van der Waals surface area contributed by atoms with Crippen molar-refractivity contribution in [2.45, 2.75) is 13.3 Å². The highest BCUT2D eigenvalue weighted by Gasteiger charge is 2.39. The van der Waals surface area contributed by atoms with Gasteiger partial charge in [0.15, 0.2) is 0 Å². The van der Waals surface area contributed by atoms with Crippen molar-refractivity contribution in [2.75, 3.05) is 0 Å². The molecule has 1 fully saturated rings. The monoisotopic (exact) mass is 218 g/mol. The van der Waals surface area contributed by atoms with E-state index >= 15 is 0 Å². The molecule has 16 heavy (non-hydrogen) atoms. The molecule has 0 saturated heterocycles. The molecule has 1 aliphatic rings. The van der Waals surface area contributed by atoms with Crippen molar-refractivity contribution in [3.05, 3.63) is 35.9 Å². The standard InChI is InChI=1S/C12H14N2O2/c1-8-7-10(8)12(16)14-13-11(15)9-5-3-2-4-6-9/h2-6,8,10H,7H2,1H3,(H,13,15)(H,14,16)/t8-,10-/m0/s1. The quantitative estimate of drug-likeness (QED) is 0.730. The summed E-state index contributed by atoms with van der Waals surface area (Å²) in [7, 11) is 0. The fourth-order valence-electron chi connectivity index (χ4n) is 1.56. The summed E-state index contributed by atoms with van der Waals surface area (Å²) in [6.07, 6.45) is 0.910. The highest BCUT2D eigenvalue weighted by Crippen LogP contribution is 2.37. The zero-order valence-corrected chi connectivity index (χ0v) is 9.07. The van der Waals surface area contributed by atoms with Crippen LogP contribution in [0.5, 0.6) is 0 Å². The first-order chi connectivity index (χ1) is 7.68. The smallest absolute Gasteiger partial charge is 0.269 e. The maximum absolute atomic E-state index is 11.5. The van der Waals surface area contributed by atoms with Gasteiger partial charge < -0.3 is 0 Å². The van der Waals surface area contributed by atoms with Crippen LogP contribution in [0.15, 0.2) is 30.3 Å². The Morgan fingerprint density at radius 2 is 1.81 bits per heavy atom. The highest BCUT2D eigenvalue weighted by molar-refractivity contribution is 5.95. The molecular formula is C12H14N2O2. The van der Waals surface area contributed by atoms with E-state index in [1.54, 1.807) is 24.3 Å². The third-order valence-electron chi connectivity index (χ3n) is 2.78. The lowest BCUT2D eigenvalue weighted by Crippen LogP contribution is -2.42. The van der Waals surface area contributed by atoms with Crippen LogP contribution in [-0.4, -0.2) is 11.8 Å². The molecule has 0 bridgehead atoms. The van der Waals surface area contributed by atoms with Crippen molar-refractivity contribution < 1.29 is 9.59 Å². The molecule has 2 amide bonds. The Bertz CT molecular complexity index is 403. The Labute approximate surface area is 94.0 Å². The predicted octanol–water partition coefficient (Wildman–Crippen LogP) is 1.10. The second-order valence-corrected chi connectivity index (χ2v) is 4.13. The SMILES string of the molecule is C[C@H]1C[C@@H]1C(=O)NNC(=O)c1ccccc1. The van der Waals surface area contributed by atoms with Gasteiger partial charge in [0.1, 0.15) is 0 Å².